The maximum absolute atomic E-state index is 10.9. The smallest absolute Gasteiger partial charge is 0.339 e. The Bertz CT molecular complexity index is 267. The first-order chi connectivity index (χ1) is 5.77. The first-order valence-corrected chi connectivity index (χ1v) is 3.63. The summed E-state index contributed by atoms with van der Waals surface area (Å²) >= 11 is 0. The number of aromatic nitrogens is 1. The van der Waals surface area contributed by atoms with Crippen molar-refractivity contribution in [3.05, 3.63) is 24.0 Å². The predicted octanol–water partition coefficient (Wildman–Crippen LogP) is 0.267. The molecule has 0 spiro atoms. The van der Waals surface area contributed by atoms with Gasteiger partial charge in [0.1, 0.15) is 0 Å². The summed E-state index contributed by atoms with van der Waals surface area (Å²) in [5.74, 6) is -0.355. The van der Waals surface area contributed by atoms with Gasteiger partial charge in [-0.3, -0.25) is 0 Å². The van der Waals surface area contributed by atoms with Crippen molar-refractivity contribution in [3.63, 3.8) is 0 Å². The van der Waals surface area contributed by atoms with E-state index in [4.69, 9.17) is 5.11 Å². The van der Waals surface area contributed by atoms with Crippen LogP contribution in [0.4, 0.5) is 0 Å². The number of aliphatic hydroxyl groups is 1. The fourth-order valence-corrected chi connectivity index (χ4v) is 0.934. The first-order valence-electron chi connectivity index (χ1n) is 3.63. The van der Waals surface area contributed by atoms with Gasteiger partial charge in [-0.1, -0.05) is 0 Å². The zero-order valence-electron chi connectivity index (χ0n) is 6.86. The summed E-state index contributed by atoms with van der Waals surface area (Å²) in [4.78, 5) is 10.9. The Balaban J connectivity index is 2.70. The van der Waals surface area contributed by atoms with E-state index in [1.165, 1.54) is 7.11 Å². The lowest BCUT2D eigenvalue weighted by molar-refractivity contribution is 0.0600. The van der Waals surface area contributed by atoms with Gasteiger partial charge in [0.2, 0.25) is 0 Å². The van der Waals surface area contributed by atoms with Crippen molar-refractivity contribution in [2.24, 2.45) is 0 Å². The fraction of sp³-hybridized carbons (Fsp3) is 0.375. The summed E-state index contributed by atoms with van der Waals surface area (Å²) in [6.07, 6.45) is 3.37. The van der Waals surface area contributed by atoms with Gasteiger partial charge in [0, 0.05) is 18.9 Å². The van der Waals surface area contributed by atoms with E-state index >= 15 is 0 Å². The van der Waals surface area contributed by atoms with Crippen molar-refractivity contribution in [3.8, 4) is 0 Å². The van der Waals surface area contributed by atoms with Crippen LogP contribution >= 0.6 is 0 Å². The molecule has 4 heteroatoms. The van der Waals surface area contributed by atoms with E-state index in [0.717, 1.165) is 0 Å². The van der Waals surface area contributed by atoms with Crippen LogP contribution < -0.4 is 0 Å². The molecule has 0 bridgehead atoms. The molecular weight excluding hydrogens is 158 g/mol. The quantitative estimate of drug-likeness (QED) is 0.660. The molecule has 0 saturated heterocycles. The van der Waals surface area contributed by atoms with Gasteiger partial charge in [0.05, 0.1) is 19.3 Å². The average Bonchev–Trinajstić information content (AvgIpc) is 2.52. The number of hydrogen-bond donors (Lipinski definition) is 1. The fourth-order valence-electron chi connectivity index (χ4n) is 0.934. The van der Waals surface area contributed by atoms with E-state index in [1.807, 2.05) is 0 Å². The molecule has 0 fully saturated rings. The first kappa shape index (κ1) is 8.80. The molecule has 0 aliphatic rings. The highest BCUT2D eigenvalue weighted by molar-refractivity contribution is 5.89. The van der Waals surface area contributed by atoms with Crippen molar-refractivity contribution >= 4 is 5.97 Å². The largest absolute Gasteiger partial charge is 0.465 e. The Morgan fingerprint density at radius 1 is 1.75 bits per heavy atom. The molecule has 0 saturated carbocycles. The third-order valence-electron chi connectivity index (χ3n) is 1.53. The molecule has 1 rings (SSSR count). The second kappa shape index (κ2) is 3.92. The van der Waals surface area contributed by atoms with Gasteiger partial charge in [-0.15, -0.1) is 0 Å². The van der Waals surface area contributed by atoms with Gasteiger partial charge in [0.25, 0.3) is 0 Å². The number of nitrogens with zero attached hydrogens (tertiary/aromatic N) is 1. The molecule has 0 amide bonds. The van der Waals surface area contributed by atoms with Gasteiger partial charge >= 0.3 is 5.97 Å². The zero-order chi connectivity index (χ0) is 8.97. The maximum Gasteiger partial charge on any atom is 0.339 e. The summed E-state index contributed by atoms with van der Waals surface area (Å²) in [5, 5.41) is 8.59. The van der Waals surface area contributed by atoms with Gasteiger partial charge in [-0.25, -0.2) is 4.79 Å². The Hall–Kier alpha value is -1.29. The molecule has 1 N–H and O–H groups in total. The number of aliphatic hydroxyl groups excluding tert-OH is 1. The number of esters is 1. The molecule has 0 aromatic carbocycles. The minimum absolute atomic E-state index is 0.0648. The summed E-state index contributed by atoms with van der Waals surface area (Å²) < 4.78 is 6.24. The third-order valence-corrected chi connectivity index (χ3v) is 1.53. The number of hydrogen-bond acceptors (Lipinski definition) is 3. The van der Waals surface area contributed by atoms with Crippen LogP contribution in [-0.4, -0.2) is 29.4 Å². The summed E-state index contributed by atoms with van der Waals surface area (Å²) in [6, 6.07) is 1.65. The van der Waals surface area contributed by atoms with Crippen LogP contribution in [0.5, 0.6) is 0 Å². The SMILES string of the molecule is COC(=O)c1ccn(CCO)c1. The minimum Gasteiger partial charge on any atom is -0.465 e. The van der Waals surface area contributed by atoms with E-state index in [9.17, 15) is 4.79 Å². The highest BCUT2D eigenvalue weighted by atomic mass is 16.5. The zero-order valence-corrected chi connectivity index (χ0v) is 6.86. The summed E-state index contributed by atoms with van der Waals surface area (Å²) in [6.45, 7) is 0.562. The van der Waals surface area contributed by atoms with Gasteiger partial charge in [-0.2, -0.15) is 0 Å². The van der Waals surface area contributed by atoms with E-state index < -0.39 is 0 Å². The van der Waals surface area contributed by atoms with Gasteiger partial charge < -0.3 is 14.4 Å². The Morgan fingerprint density at radius 3 is 3.08 bits per heavy atom. The Morgan fingerprint density at radius 2 is 2.50 bits per heavy atom. The minimum atomic E-state index is -0.355. The van der Waals surface area contributed by atoms with Gasteiger partial charge in [0.15, 0.2) is 0 Å². The number of ether oxygens (including phenoxy) is 1. The summed E-state index contributed by atoms with van der Waals surface area (Å²) in [7, 11) is 1.34. The van der Waals surface area contributed by atoms with Gasteiger partial charge in [-0.05, 0) is 6.07 Å². The van der Waals surface area contributed by atoms with Crippen molar-refractivity contribution in [2.45, 2.75) is 6.54 Å². The lowest BCUT2D eigenvalue weighted by atomic mass is 10.3. The Labute approximate surface area is 70.4 Å². The molecule has 12 heavy (non-hydrogen) atoms. The van der Waals surface area contributed by atoms with Crippen LogP contribution in [0.3, 0.4) is 0 Å². The maximum atomic E-state index is 10.9. The second-order valence-electron chi connectivity index (χ2n) is 2.35. The van der Waals surface area contributed by atoms with Crippen molar-refractivity contribution < 1.29 is 14.6 Å². The Kier molecular flexibility index (Phi) is 2.88. The number of carbonyl (C=O) groups is 1. The standard InChI is InChI=1S/C8H11NO3/c1-12-8(11)7-2-3-9(6-7)4-5-10/h2-3,6,10H,4-5H2,1H3. The molecule has 0 atom stereocenters. The average molecular weight is 169 g/mol. The van der Waals surface area contributed by atoms with Crippen LogP contribution in [0.15, 0.2) is 18.5 Å². The topological polar surface area (TPSA) is 51.5 Å². The predicted molar refractivity (Wildman–Crippen MR) is 42.9 cm³/mol. The van der Waals surface area contributed by atoms with Crippen molar-refractivity contribution in [2.75, 3.05) is 13.7 Å². The molecule has 1 aromatic heterocycles. The van der Waals surface area contributed by atoms with Crippen LogP contribution in [0.2, 0.25) is 0 Å². The highest BCUT2D eigenvalue weighted by Gasteiger charge is 2.05. The van der Waals surface area contributed by atoms with E-state index in [1.54, 1.807) is 23.0 Å². The van der Waals surface area contributed by atoms with E-state index in [0.29, 0.717) is 12.1 Å². The van der Waals surface area contributed by atoms with Crippen molar-refractivity contribution in [1.82, 2.24) is 4.57 Å². The summed E-state index contributed by atoms with van der Waals surface area (Å²) in [5.41, 5.74) is 0.506. The normalized spacial score (nSPS) is 9.83. The number of methoxy groups -OCH3 is 1. The van der Waals surface area contributed by atoms with E-state index in [2.05, 4.69) is 4.74 Å². The number of rotatable bonds is 3. The monoisotopic (exact) mass is 169 g/mol. The van der Waals surface area contributed by atoms with E-state index in [-0.39, 0.29) is 12.6 Å². The highest BCUT2D eigenvalue weighted by Crippen LogP contribution is 2.02. The lowest BCUT2D eigenvalue weighted by Crippen LogP contribution is -2.01. The lowest BCUT2D eigenvalue weighted by Gasteiger charge is -1.96. The van der Waals surface area contributed by atoms with Crippen LogP contribution in [0, 0.1) is 0 Å². The van der Waals surface area contributed by atoms with Crippen LogP contribution in [0.25, 0.3) is 0 Å². The molecule has 1 aromatic rings. The molecule has 0 aliphatic carbocycles. The second-order valence-corrected chi connectivity index (χ2v) is 2.35. The molecular formula is C8H11NO3. The third kappa shape index (κ3) is 1.85. The molecule has 0 radical (unpaired) electrons. The molecule has 4 nitrogen and oxygen atoms in total. The van der Waals surface area contributed by atoms with Crippen LogP contribution in [0.1, 0.15) is 10.4 Å². The number of carbonyl (C=O) groups excluding carboxylic acids is 1. The van der Waals surface area contributed by atoms with Crippen molar-refractivity contribution in [1.29, 1.82) is 0 Å². The molecule has 0 unspecified atom stereocenters. The molecule has 66 valence electrons. The van der Waals surface area contributed by atoms with Crippen LogP contribution in [-0.2, 0) is 11.3 Å². The molecule has 0 aliphatic heterocycles. The molecule has 1 heterocycles.